The minimum atomic E-state index is 0. The molecule has 0 saturated heterocycles. The standard InChI is InChI=1S/C17H22N4S.HI/c1-3-18-17(19-10-16-13(2)20-12-22-16)21-9-8-14-6-4-5-7-15(14)11-21;/h4-7,12H,3,8-11H2,1-2H3,(H,18,19);1H. The molecule has 1 aromatic heterocycles. The summed E-state index contributed by atoms with van der Waals surface area (Å²) in [5, 5.41) is 3.43. The summed E-state index contributed by atoms with van der Waals surface area (Å²) in [5.74, 6) is 1.00. The number of hydrogen-bond acceptors (Lipinski definition) is 3. The smallest absolute Gasteiger partial charge is 0.194 e. The zero-order valence-corrected chi connectivity index (χ0v) is 16.7. The van der Waals surface area contributed by atoms with Crippen molar-refractivity contribution < 1.29 is 0 Å². The van der Waals surface area contributed by atoms with Crippen LogP contribution in [0.5, 0.6) is 0 Å². The fourth-order valence-corrected chi connectivity index (χ4v) is 3.43. The van der Waals surface area contributed by atoms with Crippen LogP contribution in [0.3, 0.4) is 0 Å². The van der Waals surface area contributed by atoms with Crippen molar-refractivity contribution in [3.63, 3.8) is 0 Å². The second-order valence-corrected chi connectivity index (χ2v) is 6.41. The third-order valence-electron chi connectivity index (χ3n) is 3.98. The molecule has 1 N–H and O–H groups in total. The summed E-state index contributed by atoms with van der Waals surface area (Å²) >= 11 is 1.68. The summed E-state index contributed by atoms with van der Waals surface area (Å²) in [7, 11) is 0. The number of aryl methyl sites for hydroxylation is 1. The van der Waals surface area contributed by atoms with Gasteiger partial charge in [-0.3, -0.25) is 0 Å². The van der Waals surface area contributed by atoms with Crippen molar-refractivity contribution in [2.45, 2.75) is 33.4 Å². The lowest BCUT2D eigenvalue weighted by Crippen LogP contribution is -2.44. The molecular formula is C17H23IN4S. The first-order valence-corrected chi connectivity index (χ1v) is 8.65. The summed E-state index contributed by atoms with van der Waals surface area (Å²) in [6.07, 6.45) is 1.08. The fourth-order valence-electron chi connectivity index (χ4n) is 2.73. The Bertz CT molecular complexity index is 668. The van der Waals surface area contributed by atoms with Gasteiger partial charge in [0.1, 0.15) is 0 Å². The van der Waals surface area contributed by atoms with Gasteiger partial charge in [0.2, 0.25) is 0 Å². The Labute approximate surface area is 159 Å². The molecule has 1 aliphatic rings. The number of aliphatic imine (C=N–C) groups is 1. The number of guanidine groups is 1. The molecule has 23 heavy (non-hydrogen) atoms. The van der Waals surface area contributed by atoms with E-state index in [-0.39, 0.29) is 24.0 Å². The molecule has 0 aliphatic carbocycles. The number of fused-ring (bicyclic) bond motifs is 1. The van der Waals surface area contributed by atoms with Crippen LogP contribution < -0.4 is 5.32 Å². The van der Waals surface area contributed by atoms with E-state index in [0.717, 1.165) is 37.7 Å². The molecule has 0 radical (unpaired) electrons. The predicted molar refractivity (Wildman–Crippen MR) is 108 cm³/mol. The summed E-state index contributed by atoms with van der Waals surface area (Å²) in [6.45, 7) is 7.71. The zero-order chi connectivity index (χ0) is 15.4. The van der Waals surface area contributed by atoms with Crippen LogP contribution in [0.25, 0.3) is 0 Å². The molecule has 2 heterocycles. The van der Waals surface area contributed by atoms with E-state index in [1.807, 2.05) is 12.4 Å². The van der Waals surface area contributed by atoms with E-state index in [9.17, 15) is 0 Å². The molecule has 0 atom stereocenters. The van der Waals surface area contributed by atoms with Crippen molar-refractivity contribution in [3.05, 3.63) is 51.5 Å². The van der Waals surface area contributed by atoms with E-state index < -0.39 is 0 Å². The lowest BCUT2D eigenvalue weighted by molar-refractivity contribution is 0.378. The lowest BCUT2D eigenvalue weighted by Gasteiger charge is -2.31. The zero-order valence-electron chi connectivity index (χ0n) is 13.6. The summed E-state index contributed by atoms with van der Waals surface area (Å²) < 4.78 is 0. The first-order valence-electron chi connectivity index (χ1n) is 7.77. The molecule has 0 bridgehead atoms. The number of hydrogen-bond donors (Lipinski definition) is 1. The summed E-state index contributed by atoms with van der Waals surface area (Å²) in [6, 6.07) is 8.70. The Hall–Kier alpha value is -1.15. The molecule has 1 aliphatic heterocycles. The van der Waals surface area contributed by atoms with E-state index in [1.165, 1.54) is 16.0 Å². The van der Waals surface area contributed by atoms with Crippen molar-refractivity contribution in [1.29, 1.82) is 0 Å². The Morgan fingerprint density at radius 3 is 2.83 bits per heavy atom. The number of benzene rings is 1. The van der Waals surface area contributed by atoms with E-state index in [4.69, 9.17) is 4.99 Å². The third kappa shape index (κ3) is 4.44. The van der Waals surface area contributed by atoms with Crippen LogP contribution in [-0.2, 0) is 19.5 Å². The highest BCUT2D eigenvalue weighted by Crippen LogP contribution is 2.19. The molecule has 4 nitrogen and oxygen atoms in total. The van der Waals surface area contributed by atoms with Crippen LogP contribution in [0.2, 0.25) is 0 Å². The van der Waals surface area contributed by atoms with E-state index in [1.54, 1.807) is 11.3 Å². The van der Waals surface area contributed by atoms with Crippen molar-refractivity contribution in [2.75, 3.05) is 13.1 Å². The molecule has 0 amide bonds. The second kappa shape index (κ2) is 8.63. The molecule has 0 spiro atoms. The highest BCUT2D eigenvalue weighted by Gasteiger charge is 2.18. The van der Waals surface area contributed by atoms with E-state index in [2.05, 4.69) is 46.4 Å². The molecule has 0 saturated carbocycles. The predicted octanol–water partition coefficient (Wildman–Crippen LogP) is 3.59. The van der Waals surface area contributed by atoms with Crippen LogP contribution in [0.15, 0.2) is 34.8 Å². The average Bonchev–Trinajstić information content (AvgIpc) is 2.96. The Balaban J connectivity index is 0.00000192. The van der Waals surface area contributed by atoms with Gasteiger partial charge in [-0.1, -0.05) is 24.3 Å². The fraction of sp³-hybridized carbons (Fsp3) is 0.412. The van der Waals surface area contributed by atoms with Gasteiger partial charge in [-0.2, -0.15) is 0 Å². The normalized spacial score (nSPS) is 14.2. The third-order valence-corrected chi connectivity index (χ3v) is 4.90. The maximum absolute atomic E-state index is 4.82. The first-order chi connectivity index (χ1) is 10.8. The summed E-state index contributed by atoms with van der Waals surface area (Å²) in [5.41, 5.74) is 5.86. The SMILES string of the molecule is CCNC(=NCc1scnc1C)N1CCc2ccccc2C1.I. The van der Waals surface area contributed by atoms with Gasteiger partial charge in [0.25, 0.3) is 0 Å². The van der Waals surface area contributed by atoms with Crippen molar-refractivity contribution in [2.24, 2.45) is 4.99 Å². The molecule has 1 aromatic carbocycles. The van der Waals surface area contributed by atoms with Crippen molar-refractivity contribution >= 4 is 41.3 Å². The van der Waals surface area contributed by atoms with Crippen molar-refractivity contribution in [1.82, 2.24) is 15.2 Å². The molecule has 0 unspecified atom stereocenters. The Morgan fingerprint density at radius 2 is 2.13 bits per heavy atom. The Kier molecular flexibility index (Phi) is 6.83. The van der Waals surface area contributed by atoms with E-state index >= 15 is 0 Å². The Morgan fingerprint density at radius 1 is 1.35 bits per heavy atom. The van der Waals surface area contributed by atoms with Gasteiger partial charge in [-0.25, -0.2) is 9.98 Å². The van der Waals surface area contributed by atoms with Crippen molar-refractivity contribution in [3.8, 4) is 0 Å². The monoisotopic (exact) mass is 442 g/mol. The largest absolute Gasteiger partial charge is 0.356 e. The van der Waals surface area contributed by atoms with Gasteiger partial charge in [0.05, 0.1) is 17.7 Å². The average molecular weight is 442 g/mol. The molecular weight excluding hydrogens is 419 g/mol. The molecule has 6 heteroatoms. The minimum absolute atomic E-state index is 0. The highest BCUT2D eigenvalue weighted by atomic mass is 127. The quantitative estimate of drug-likeness (QED) is 0.449. The highest BCUT2D eigenvalue weighted by molar-refractivity contribution is 14.0. The maximum atomic E-state index is 4.82. The summed E-state index contributed by atoms with van der Waals surface area (Å²) in [4.78, 5) is 12.7. The number of nitrogens with zero attached hydrogens (tertiary/aromatic N) is 3. The molecule has 0 fully saturated rings. The first kappa shape index (κ1) is 18.2. The number of thiazole rings is 1. The number of rotatable bonds is 3. The van der Waals surface area contributed by atoms with Gasteiger partial charge in [0, 0.05) is 24.5 Å². The topological polar surface area (TPSA) is 40.5 Å². The lowest BCUT2D eigenvalue weighted by atomic mass is 10.0. The molecule has 124 valence electrons. The molecule has 3 rings (SSSR count). The van der Waals surface area contributed by atoms with Crippen LogP contribution in [0, 0.1) is 6.92 Å². The second-order valence-electron chi connectivity index (χ2n) is 5.47. The van der Waals surface area contributed by atoms with Crippen LogP contribution in [0.1, 0.15) is 28.6 Å². The number of nitrogens with one attached hydrogen (secondary N) is 1. The maximum Gasteiger partial charge on any atom is 0.194 e. The number of aromatic nitrogens is 1. The van der Waals surface area contributed by atoms with Crippen LogP contribution >= 0.6 is 35.3 Å². The number of halogens is 1. The molecule has 2 aromatic rings. The van der Waals surface area contributed by atoms with Gasteiger partial charge in [0.15, 0.2) is 5.96 Å². The minimum Gasteiger partial charge on any atom is -0.356 e. The van der Waals surface area contributed by atoms with Gasteiger partial charge < -0.3 is 10.2 Å². The van der Waals surface area contributed by atoms with Gasteiger partial charge >= 0.3 is 0 Å². The van der Waals surface area contributed by atoms with Gasteiger partial charge in [-0.05, 0) is 31.4 Å². The van der Waals surface area contributed by atoms with E-state index in [0.29, 0.717) is 6.54 Å². The van der Waals surface area contributed by atoms with Crippen LogP contribution in [0.4, 0.5) is 0 Å². The van der Waals surface area contributed by atoms with Gasteiger partial charge in [-0.15, -0.1) is 35.3 Å². The van der Waals surface area contributed by atoms with Crippen LogP contribution in [-0.4, -0.2) is 28.9 Å².